The molecule has 0 fully saturated rings. The number of nitrogens with zero attached hydrogens (tertiary/aromatic N) is 4. The molecule has 100 valence electrons. The summed E-state index contributed by atoms with van der Waals surface area (Å²) in [5.41, 5.74) is 2.38. The minimum atomic E-state index is -0.109. The smallest absolute Gasteiger partial charge is 0.214 e. The van der Waals surface area contributed by atoms with Crippen molar-refractivity contribution in [2.45, 2.75) is 13.5 Å². The summed E-state index contributed by atoms with van der Waals surface area (Å²) in [7, 11) is 0. The molecule has 0 unspecified atom stereocenters. The van der Waals surface area contributed by atoms with Gasteiger partial charge in [0.15, 0.2) is 0 Å². The second-order valence-electron chi connectivity index (χ2n) is 4.22. The Kier molecular flexibility index (Phi) is 3.31. The molecule has 0 aliphatic rings. The lowest BCUT2D eigenvalue weighted by atomic mass is 10.1. The molecule has 1 aromatic carbocycles. The van der Waals surface area contributed by atoms with Gasteiger partial charge in [-0.15, -0.1) is 0 Å². The minimum Gasteiger partial charge on any atom is -0.287 e. The zero-order chi connectivity index (χ0) is 14.1. The van der Waals surface area contributed by atoms with Gasteiger partial charge in [0, 0.05) is 18.9 Å². The second kappa shape index (κ2) is 5.13. The van der Waals surface area contributed by atoms with E-state index in [2.05, 4.69) is 31.0 Å². The molecule has 0 N–H and O–H groups in total. The van der Waals surface area contributed by atoms with Crippen LogP contribution in [0, 0.1) is 0 Å². The molecule has 0 radical (unpaired) electrons. The first-order valence-electron chi connectivity index (χ1n) is 6.18. The monoisotopic (exact) mass is 330 g/mol. The van der Waals surface area contributed by atoms with Crippen LogP contribution in [0.2, 0.25) is 0 Å². The molecule has 0 amide bonds. The molecule has 20 heavy (non-hydrogen) atoms. The van der Waals surface area contributed by atoms with Crippen molar-refractivity contribution >= 4 is 32.7 Å². The minimum absolute atomic E-state index is 0.109. The fourth-order valence-corrected chi connectivity index (χ4v) is 2.61. The summed E-state index contributed by atoms with van der Waals surface area (Å²) in [6.45, 7) is 2.57. The van der Waals surface area contributed by atoms with Crippen molar-refractivity contribution in [1.29, 1.82) is 0 Å². The lowest BCUT2D eigenvalue weighted by molar-refractivity contribution is 0.102. The number of carbonyl (C=O) groups is 1. The van der Waals surface area contributed by atoms with Crippen molar-refractivity contribution in [1.82, 2.24) is 19.7 Å². The van der Waals surface area contributed by atoms with Gasteiger partial charge in [-0.2, -0.15) is 5.10 Å². The zero-order valence-corrected chi connectivity index (χ0v) is 12.3. The van der Waals surface area contributed by atoms with E-state index in [1.54, 1.807) is 29.3 Å². The van der Waals surface area contributed by atoms with Gasteiger partial charge in [-0.1, -0.05) is 6.07 Å². The molecule has 6 heteroatoms. The second-order valence-corrected chi connectivity index (χ2v) is 5.07. The van der Waals surface area contributed by atoms with Gasteiger partial charge < -0.3 is 0 Å². The van der Waals surface area contributed by atoms with E-state index in [-0.39, 0.29) is 5.78 Å². The van der Waals surface area contributed by atoms with Crippen LogP contribution in [0.1, 0.15) is 23.0 Å². The Morgan fingerprint density at radius 2 is 2.10 bits per heavy atom. The van der Waals surface area contributed by atoms with Gasteiger partial charge in [0.1, 0.15) is 5.69 Å². The highest BCUT2D eigenvalue weighted by Gasteiger charge is 2.20. The summed E-state index contributed by atoms with van der Waals surface area (Å²) in [6, 6.07) is 5.41. The number of carbonyl (C=O) groups excluding carboxylic acids is 1. The van der Waals surface area contributed by atoms with Crippen LogP contribution in [0.4, 0.5) is 0 Å². The first-order chi connectivity index (χ1) is 9.72. The fraction of sp³-hybridized carbons (Fsp3) is 0.143. The molecule has 0 atom stereocenters. The van der Waals surface area contributed by atoms with E-state index in [0.29, 0.717) is 33.3 Å². The Hall–Kier alpha value is -2.08. The van der Waals surface area contributed by atoms with Gasteiger partial charge in [-0.3, -0.25) is 19.4 Å². The summed E-state index contributed by atoms with van der Waals surface area (Å²) in [4.78, 5) is 21.3. The van der Waals surface area contributed by atoms with E-state index in [1.165, 1.54) is 0 Å². The Morgan fingerprint density at radius 1 is 1.30 bits per heavy atom. The number of halogens is 1. The zero-order valence-electron chi connectivity index (χ0n) is 10.7. The van der Waals surface area contributed by atoms with Gasteiger partial charge >= 0.3 is 0 Å². The van der Waals surface area contributed by atoms with Crippen LogP contribution < -0.4 is 0 Å². The number of rotatable bonds is 3. The highest BCUT2D eigenvalue weighted by Crippen LogP contribution is 2.23. The average molecular weight is 331 g/mol. The van der Waals surface area contributed by atoms with Crippen LogP contribution >= 0.6 is 15.9 Å². The molecule has 2 aromatic heterocycles. The number of fused-ring (bicyclic) bond motifs is 1. The first kappa shape index (κ1) is 12.9. The average Bonchev–Trinajstić information content (AvgIpc) is 2.87. The summed E-state index contributed by atoms with van der Waals surface area (Å²) >= 11 is 3.38. The quantitative estimate of drug-likeness (QED) is 0.693. The van der Waals surface area contributed by atoms with E-state index in [4.69, 9.17) is 0 Å². The maximum absolute atomic E-state index is 12.8. The topological polar surface area (TPSA) is 60.7 Å². The van der Waals surface area contributed by atoms with E-state index >= 15 is 0 Å². The van der Waals surface area contributed by atoms with Gasteiger partial charge in [0.25, 0.3) is 0 Å². The van der Waals surface area contributed by atoms with Crippen molar-refractivity contribution in [2.24, 2.45) is 0 Å². The SMILES string of the molecule is CCn1ncc(Br)c1C(=O)c1cccc2nccnc12. The standard InChI is InChI=1S/C14H11BrN4O/c1-2-19-13(10(15)8-18-19)14(20)9-4-3-5-11-12(9)17-7-6-16-11/h3-8H,2H2,1H3. The predicted octanol–water partition coefficient (Wildman–Crippen LogP) is 2.84. The third-order valence-corrected chi connectivity index (χ3v) is 3.63. The maximum Gasteiger partial charge on any atom is 0.214 e. The highest BCUT2D eigenvalue weighted by molar-refractivity contribution is 9.10. The Labute approximate surface area is 123 Å². The van der Waals surface area contributed by atoms with E-state index in [9.17, 15) is 4.79 Å². The number of para-hydroxylation sites is 1. The van der Waals surface area contributed by atoms with E-state index < -0.39 is 0 Å². The molecule has 0 spiro atoms. The summed E-state index contributed by atoms with van der Waals surface area (Å²) in [6.07, 6.45) is 4.83. The predicted molar refractivity (Wildman–Crippen MR) is 78.6 cm³/mol. The molecular weight excluding hydrogens is 320 g/mol. The van der Waals surface area contributed by atoms with E-state index in [0.717, 1.165) is 0 Å². The van der Waals surface area contributed by atoms with Crippen LogP contribution in [0.15, 0.2) is 41.3 Å². The molecule has 0 aliphatic carbocycles. The summed E-state index contributed by atoms with van der Waals surface area (Å²) in [5, 5.41) is 4.17. The molecule has 0 saturated carbocycles. The van der Waals surface area contributed by atoms with Crippen LogP contribution in [-0.2, 0) is 6.54 Å². The number of hydrogen-bond donors (Lipinski definition) is 0. The van der Waals surface area contributed by atoms with Crippen LogP contribution in [-0.4, -0.2) is 25.5 Å². The van der Waals surface area contributed by atoms with Crippen molar-refractivity contribution in [3.8, 4) is 0 Å². The van der Waals surface area contributed by atoms with Crippen molar-refractivity contribution in [3.63, 3.8) is 0 Å². The third-order valence-electron chi connectivity index (χ3n) is 3.05. The van der Waals surface area contributed by atoms with Gasteiger partial charge in [0.05, 0.1) is 27.3 Å². The maximum atomic E-state index is 12.8. The van der Waals surface area contributed by atoms with Crippen LogP contribution in [0.5, 0.6) is 0 Å². The number of hydrogen-bond acceptors (Lipinski definition) is 4. The van der Waals surface area contributed by atoms with Crippen molar-refractivity contribution in [2.75, 3.05) is 0 Å². The molecule has 5 nitrogen and oxygen atoms in total. The Bertz CT molecular complexity index is 791. The molecule has 0 saturated heterocycles. The van der Waals surface area contributed by atoms with Crippen molar-refractivity contribution in [3.05, 3.63) is 52.5 Å². The lowest BCUT2D eigenvalue weighted by Gasteiger charge is -2.06. The van der Waals surface area contributed by atoms with Crippen molar-refractivity contribution < 1.29 is 4.79 Å². The fourth-order valence-electron chi connectivity index (χ4n) is 2.13. The highest BCUT2D eigenvalue weighted by atomic mass is 79.9. The first-order valence-corrected chi connectivity index (χ1v) is 6.97. The number of benzene rings is 1. The molecule has 3 rings (SSSR count). The molecule has 0 bridgehead atoms. The molecule has 3 aromatic rings. The summed E-state index contributed by atoms with van der Waals surface area (Å²) < 4.78 is 2.35. The lowest BCUT2D eigenvalue weighted by Crippen LogP contribution is -2.12. The Morgan fingerprint density at radius 3 is 2.90 bits per heavy atom. The number of aromatic nitrogens is 4. The van der Waals surface area contributed by atoms with E-state index in [1.807, 2.05) is 19.1 Å². The third kappa shape index (κ3) is 2.02. The normalized spacial score (nSPS) is 10.9. The van der Waals surface area contributed by atoms with Crippen LogP contribution in [0.25, 0.3) is 11.0 Å². The largest absolute Gasteiger partial charge is 0.287 e. The van der Waals surface area contributed by atoms with Gasteiger partial charge in [-0.05, 0) is 35.0 Å². The molecular formula is C14H11BrN4O. The summed E-state index contributed by atoms with van der Waals surface area (Å²) in [5.74, 6) is -0.109. The Balaban J connectivity index is 2.20. The van der Waals surface area contributed by atoms with Gasteiger partial charge in [0.2, 0.25) is 5.78 Å². The number of aryl methyl sites for hydroxylation is 1. The number of ketones is 1. The van der Waals surface area contributed by atoms with Crippen LogP contribution in [0.3, 0.4) is 0 Å². The molecule has 0 aliphatic heterocycles. The molecule has 2 heterocycles. The van der Waals surface area contributed by atoms with Gasteiger partial charge in [-0.25, -0.2) is 0 Å².